The van der Waals surface area contributed by atoms with Crippen molar-refractivity contribution in [3.05, 3.63) is 18.2 Å². The van der Waals surface area contributed by atoms with Crippen molar-refractivity contribution in [1.29, 1.82) is 0 Å². The molecular formula is C12H11ClN2O3S. The first-order valence-corrected chi connectivity index (χ1v) is 7.30. The number of carbonyl (C=O) groups excluding carboxylic acids is 2. The number of fused-ring (bicyclic) bond motifs is 1. The minimum Gasteiger partial charge on any atom is -0.443 e. The van der Waals surface area contributed by atoms with Crippen LogP contribution in [0, 0.1) is 0 Å². The molecule has 1 fully saturated rings. The topological polar surface area (TPSA) is 58.6 Å². The average Bonchev–Trinajstić information content (AvgIpc) is 2.79. The summed E-state index contributed by atoms with van der Waals surface area (Å²) in [5.74, 6) is 0.670. The summed E-state index contributed by atoms with van der Waals surface area (Å²) in [5, 5.41) is 2.80. The zero-order chi connectivity index (χ0) is 13.4. The molecule has 0 spiro atoms. The van der Waals surface area contributed by atoms with E-state index in [2.05, 4.69) is 5.32 Å². The summed E-state index contributed by atoms with van der Waals surface area (Å²) in [4.78, 5) is 25.6. The first-order chi connectivity index (χ1) is 9.17. The number of hydrogen-bond donors (Lipinski definition) is 1. The highest BCUT2D eigenvalue weighted by molar-refractivity contribution is 8.00. The van der Waals surface area contributed by atoms with Crippen LogP contribution < -0.4 is 10.2 Å². The van der Waals surface area contributed by atoms with Crippen molar-refractivity contribution in [3.8, 4) is 0 Å². The highest BCUT2D eigenvalue weighted by Gasteiger charge is 2.32. The molecule has 2 heterocycles. The number of anilines is 2. The van der Waals surface area contributed by atoms with Gasteiger partial charge in [0.05, 0.1) is 23.9 Å². The molecule has 1 saturated heterocycles. The van der Waals surface area contributed by atoms with Crippen LogP contribution in [0.2, 0.25) is 0 Å². The van der Waals surface area contributed by atoms with Crippen molar-refractivity contribution in [3.63, 3.8) is 0 Å². The Balaban J connectivity index is 1.88. The summed E-state index contributed by atoms with van der Waals surface area (Å²) in [6.07, 6.45) is -0.686. The minimum absolute atomic E-state index is 0.0303. The van der Waals surface area contributed by atoms with Crippen molar-refractivity contribution in [2.24, 2.45) is 0 Å². The van der Waals surface area contributed by atoms with Gasteiger partial charge >= 0.3 is 6.09 Å². The normalized spacial score (nSPS) is 21.9. The molecule has 19 heavy (non-hydrogen) atoms. The van der Waals surface area contributed by atoms with Gasteiger partial charge in [0.2, 0.25) is 5.91 Å². The average molecular weight is 299 g/mol. The zero-order valence-electron chi connectivity index (χ0n) is 9.89. The molecule has 1 N–H and O–H groups in total. The van der Waals surface area contributed by atoms with E-state index in [9.17, 15) is 9.59 Å². The quantitative estimate of drug-likeness (QED) is 0.851. The zero-order valence-corrected chi connectivity index (χ0v) is 11.5. The van der Waals surface area contributed by atoms with E-state index in [1.165, 1.54) is 16.7 Å². The number of thioether (sulfide) groups is 1. The van der Waals surface area contributed by atoms with E-state index in [1.807, 2.05) is 12.1 Å². The Hall–Kier alpha value is -1.40. The smallest absolute Gasteiger partial charge is 0.414 e. The lowest BCUT2D eigenvalue weighted by Gasteiger charge is -2.19. The third-order valence-electron chi connectivity index (χ3n) is 2.95. The van der Waals surface area contributed by atoms with E-state index in [1.54, 1.807) is 6.07 Å². The fraction of sp³-hybridized carbons (Fsp3) is 0.333. The summed E-state index contributed by atoms with van der Waals surface area (Å²) < 4.78 is 5.11. The maximum Gasteiger partial charge on any atom is 0.414 e. The lowest BCUT2D eigenvalue weighted by molar-refractivity contribution is -0.113. The molecule has 0 aliphatic carbocycles. The number of hydrogen-bond acceptors (Lipinski definition) is 4. The van der Waals surface area contributed by atoms with Gasteiger partial charge in [0, 0.05) is 10.6 Å². The maximum absolute atomic E-state index is 11.7. The number of benzene rings is 1. The van der Waals surface area contributed by atoms with Gasteiger partial charge in [-0.25, -0.2) is 4.79 Å². The predicted octanol–water partition coefficient (Wildman–Crippen LogP) is 2.29. The number of halogens is 1. The van der Waals surface area contributed by atoms with E-state index < -0.39 is 6.09 Å². The Labute approximate surface area is 119 Å². The second kappa shape index (κ2) is 4.94. The van der Waals surface area contributed by atoms with Gasteiger partial charge in [-0.3, -0.25) is 9.69 Å². The maximum atomic E-state index is 11.7. The Morgan fingerprint density at radius 3 is 3.05 bits per heavy atom. The van der Waals surface area contributed by atoms with Crippen LogP contribution in [0.1, 0.15) is 0 Å². The molecule has 1 aromatic rings. The van der Waals surface area contributed by atoms with Crippen LogP contribution >= 0.6 is 23.4 Å². The molecule has 1 aromatic carbocycles. The molecule has 0 radical (unpaired) electrons. The largest absolute Gasteiger partial charge is 0.443 e. The van der Waals surface area contributed by atoms with Crippen molar-refractivity contribution in [2.75, 3.05) is 28.4 Å². The fourth-order valence-electron chi connectivity index (χ4n) is 2.05. The molecule has 2 amide bonds. The molecule has 3 rings (SSSR count). The lowest BCUT2D eigenvalue weighted by Crippen LogP contribution is -2.25. The highest BCUT2D eigenvalue weighted by Crippen LogP contribution is 2.35. The monoisotopic (exact) mass is 298 g/mol. The first-order valence-electron chi connectivity index (χ1n) is 5.78. The van der Waals surface area contributed by atoms with Crippen LogP contribution in [0.3, 0.4) is 0 Å². The Kier molecular flexibility index (Phi) is 3.28. The Bertz CT molecular complexity index is 552. The van der Waals surface area contributed by atoms with Gasteiger partial charge in [-0.2, -0.15) is 0 Å². The molecule has 5 nitrogen and oxygen atoms in total. The number of carbonyl (C=O) groups is 2. The summed E-state index contributed by atoms with van der Waals surface area (Å²) in [6, 6.07) is 5.54. The molecule has 1 atom stereocenters. The summed E-state index contributed by atoms with van der Waals surface area (Å²) in [5.41, 5.74) is 1.44. The molecule has 100 valence electrons. The van der Waals surface area contributed by atoms with E-state index >= 15 is 0 Å². The van der Waals surface area contributed by atoms with E-state index in [-0.39, 0.29) is 17.9 Å². The van der Waals surface area contributed by atoms with Gasteiger partial charge in [-0.05, 0) is 18.2 Å². The number of ether oxygens (including phenoxy) is 1. The fourth-order valence-corrected chi connectivity index (χ4v) is 3.00. The molecule has 2 aliphatic heterocycles. The summed E-state index contributed by atoms with van der Waals surface area (Å²) in [6.45, 7) is 0.433. The number of nitrogens with one attached hydrogen (secondary N) is 1. The molecule has 7 heteroatoms. The molecule has 2 aliphatic rings. The second-order valence-electron chi connectivity index (χ2n) is 4.29. The van der Waals surface area contributed by atoms with Crippen LogP contribution in [0.25, 0.3) is 0 Å². The Morgan fingerprint density at radius 1 is 1.47 bits per heavy atom. The van der Waals surface area contributed by atoms with Crippen LogP contribution in [0.4, 0.5) is 16.2 Å². The van der Waals surface area contributed by atoms with Crippen LogP contribution in [0.15, 0.2) is 23.1 Å². The molecule has 0 bridgehead atoms. The molecule has 0 aromatic heterocycles. The third kappa shape index (κ3) is 2.37. The van der Waals surface area contributed by atoms with Gasteiger partial charge in [0.25, 0.3) is 0 Å². The van der Waals surface area contributed by atoms with Crippen molar-refractivity contribution in [2.45, 2.75) is 11.0 Å². The molecular weight excluding hydrogens is 288 g/mol. The van der Waals surface area contributed by atoms with Crippen LogP contribution in [-0.2, 0) is 9.53 Å². The van der Waals surface area contributed by atoms with Crippen molar-refractivity contribution < 1.29 is 14.3 Å². The van der Waals surface area contributed by atoms with Gasteiger partial charge in [-0.1, -0.05) is 0 Å². The van der Waals surface area contributed by atoms with Gasteiger partial charge in [0.1, 0.15) is 6.10 Å². The highest BCUT2D eigenvalue weighted by atomic mass is 35.5. The van der Waals surface area contributed by atoms with Gasteiger partial charge in [-0.15, -0.1) is 23.4 Å². The van der Waals surface area contributed by atoms with E-state index in [0.29, 0.717) is 18.0 Å². The Morgan fingerprint density at radius 2 is 2.32 bits per heavy atom. The second-order valence-corrected chi connectivity index (χ2v) is 5.61. The first kappa shape index (κ1) is 12.6. The van der Waals surface area contributed by atoms with E-state index in [0.717, 1.165) is 10.6 Å². The van der Waals surface area contributed by atoms with Crippen LogP contribution in [-0.4, -0.2) is 36.3 Å². The number of alkyl halides is 1. The summed E-state index contributed by atoms with van der Waals surface area (Å²) >= 11 is 7.18. The lowest BCUT2D eigenvalue weighted by atomic mass is 10.2. The van der Waals surface area contributed by atoms with Gasteiger partial charge in [0.15, 0.2) is 0 Å². The van der Waals surface area contributed by atoms with E-state index in [4.69, 9.17) is 16.3 Å². The number of amides is 2. The molecule has 0 saturated carbocycles. The minimum atomic E-state index is -0.402. The number of rotatable bonds is 2. The van der Waals surface area contributed by atoms with Crippen LogP contribution in [0.5, 0.6) is 0 Å². The molecule has 1 unspecified atom stereocenters. The third-order valence-corrected chi connectivity index (χ3v) is 4.37. The SMILES string of the molecule is O=C1CSc2ccc(N3CC(CCl)OC3=O)cc2N1. The van der Waals surface area contributed by atoms with Crippen molar-refractivity contribution >= 4 is 46.7 Å². The number of cyclic esters (lactones) is 1. The number of nitrogens with zero attached hydrogens (tertiary/aromatic N) is 1. The van der Waals surface area contributed by atoms with Crippen molar-refractivity contribution in [1.82, 2.24) is 0 Å². The standard InChI is InChI=1S/C12H11ClN2O3S/c13-4-8-5-15(12(17)18-8)7-1-2-10-9(3-7)14-11(16)6-19-10/h1-3,8H,4-6H2,(H,14,16). The summed E-state index contributed by atoms with van der Waals surface area (Å²) in [7, 11) is 0. The predicted molar refractivity (Wildman–Crippen MR) is 74.1 cm³/mol. The van der Waals surface area contributed by atoms with Gasteiger partial charge < -0.3 is 10.1 Å².